The van der Waals surface area contributed by atoms with Crippen LogP contribution in [0.4, 0.5) is 0 Å². The van der Waals surface area contributed by atoms with Crippen LogP contribution < -0.4 is 9.47 Å². The third-order valence-electron chi connectivity index (χ3n) is 6.19. The summed E-state index contributed by atoms with van der Waals surface area (Å²) in [7, 11) is 1.61. The predicted molar refractivity (Wildman–Crippen MR) is 172 cm³/mol. The van der Waals surface area contributed by atoms with Gasteiger partial charge in [-0.15, -0.1) is 0 Å². The summed E-state index contributed by atoms with van der Waals surface area (Å²) in [5.41, 5.74) is 3.86. The summed E-state index contributed by atoms with van der Waals surface area (Å²) < 4.78 is 12.6. The normalized spacial score (nSPS) is 15.2. The first-order valence-electron chi connectivity index (χ1n) is 12.6. The van der Waals surface area contributed by atoms with Crippen LogP contribution in [0.25, 0.3) is 6.08 Å². The maximum absolute atomic E-state index is 13.6. The third kappa shape index (κ3) is 6.89. The van der Waals surface area contributed by atoms with Gasteiger partial charge in [0.05, 0.1) is 28.7 Å². The van der Waals surface area contributed by atoms with Crippen LogP contribution >= 0.6 is 46.0 Å². The number of amidine groups is 1. The zero-order chi connectivity index (χ0) is 27.9. The van der Waals surface area contributed by atoms with Gasteiger partial charge in [0.1, 0.15) is 6.61 Å². The maximum atomic E-state index is 13.6. The largest absolute Gasteiger partial charge is 0.493 e. The predicted octanol–water partition coefficient (Wildman–Crippen LogP) is 8.20. The number of thioether (sulfide) groups is 1. The van der Waals surface area contributed by atoms with Crippen molar-refractivity contribution in [2.45, 2.75) is 19.7 Å². The number of halogens is 2. The molecular weight excluding hydrogens is 655 g/mol. The first kappa shape index (κ1) is 28.3. The quantitative estimate of drug-likeness (QED) is 0.132. The van der Waals surface area contributed by atoms with E-state index in [0.29, 0.717) is 46.3 Å². The van der Waals surface area contributed by atoms with Gasteiger partial charge in [-0.2, -0.15) is 0 Å². The van der Waals surface area contributed by atoms with Crippen LogP contribution in [0.1, 0.15) is 22.3 Å². The Morgan fingerprint density at radius 2 is 1.62 bits per heavy atom. The molecule has 0 bridgehead atoms. The molecule has 8 heteroatoms. The first-order valence-corrected chi connectivity index (χ1v) is 14.9. The number of benzene rings is 4. The monoisotopic (exact) mass is 680 g/mol. The van der Waals surface area contributed by atoms with Gasteiger partial charge >= 0.3 is 0 Å². The van der Waals surface area contributed by atoms with Gasteiger partial charge in [0.2, 0.25) is 0 Å². The number of nitrogens with zero attached hydrogens (tertiary/aromatic N) is 2. The van der Waals surface area contributed by atoms with Gasteiger partial charge in [-0.25, -0.2) is 0 Å². The standard InChI is InChI=1S/C32H26ClIN2O3S/c1-38-28-17-24(16-27(34)30(28)39-21-25-14-8-9-15-26(25)33)18-29-31(37)36(20-23-12-6-3-7-13-23)32(40-29)35-19-22-10-4-2-5-11-22/h2-18H,19-21H2,1H3/b29-18-,35-32?. The fourth-order valence-electron chi connectivity index (χ4n) is 4.15. The molecule has 1 aliphatic rings. The molecule has 40 heavy (non-hydrogen) atoms. The van der Waals surface area contributed by atoms with Gasteiger partial charge in [-0.3, -0.25) is 14.7 Å². The van der Waals surface area contributed by atoms with E-state index < -0.39 is 0 Å². The van der Waals surface area contributed by atoms with E-state index in [4.69, 9.17) is 26.1 Å². The maximum Gasteiger partial charge on any atom is 0.267 e. The first-order chi connectivity index (χ1) is 19.5. The molecule has 5 rings (SSSR count). The van der Waals surface area contributed by atoms with E-state index in [1.807, 2.05) is 103 Å². The number of hydrogen-bond acceptors (Lipinski definition) is 5. The average molecular weight is 681 g/mol. The zero-order valence-electron chi connectivity index (χ0n) is 21.7. The molecule has 0 radical (unpaired) electrons. The topological polar surface area (TPSA) is 51.1 Å². The van der Waals surface area contributed by atoms with Gasteiger partial charge in [-0.05, 0) is 75.3 Å². The number of amides is 1. The molecule has 202 valence electrons. The van der Waals surface area contributed by atoms with Crippen molar-refractivity contribution in [1.82, 2.24) is 4.90 Å². The second kappa shape index (κ2) is 13.4. The Morgan fingerprint density at radius 3 is 2.33 bits per heavy atom. The Kier molecular flexibility index (Phi) is 9.46. The lowest BCUT2D eigenvalue weighted by Gasteiger charge is -2.16. The molecule has 0 spiro atoms. The summed E-state index contributed by atoms with van der Waals surface area (Å²) in [4.78, 5) is 20.8. The molecule has 0 N–H and O–H groups in total. The van der Waals surface area contributed by atoms with Gasteiger partial charge in [0, 0.05) is 10.6 Å². The van der Waals surface area contributed by atoms with Gasteiger partial charge < -0.3 is 9.47 Å². The van der Waals surface area contributed by atoms with E-state index in [1.165, 1.54) is 11.8 Å². The van der Waals surface area contributed by atoms with Crippen molar-refractivity contribution in [2.24, 2.45) is 4.99 Å². The lowest BCUT2D eigenvalue weighted by atomic mass is 10.1. The number of aliphatic imine (C=N–C) groups is 1. The van der Waals surface area contributed by atoms with Crippen LogP contribution in [0.2, 0.25) is 5.02 Å². The molecule has 4 aromatic rings. The Morgan fingerprint density at radius 1 is 0.950 bits per heavy atom. The minimum Gasteiger partial charge on any atom is -0.493 e. The van der Waals surface area contributed by atoms with Crippen LogP contribution in [0.5, 0.6) is 11.5 Å². The molecule has 4 aromatic carbocycles. The molecular formula is C32H26ClIN2O3S. The highest BCUT2D eigenvalue weighted by atomic mass is 127. The van der Waals surface area contributed by atoms with Crippen LogP contribution in [-0.4, -0.2) is 23.1 Å². The summed E-state index contributed by atoms with van der Waals surface area (Å²) in [6.45, 7) is 1.27. The van der Waals surface area contributed by atoms with Crippen LogP contribution in [-0.2, 0) is 24.5 Å². The van der Waals surface area contributed by atoms with Crippen molar-refractivity contribution in [3.05, 3.63) is 133 Å². The molecule has 0 aliphatic carbocycles. The average Bonchev–Trinajstić information content (AvgIpc) is 3.26. The van der Waals surface area contributed by atoms with Crippen molar-refractivity contribution in [1.29, 1.82) is 0 Å². The number of methoxy groups -OCH3 is 1. The van der Waals surface area contributed by atoms with E-state index >= 15 is 0 Å². The van der Waals surface area contributed by atoms with Crippen molar-refractivity contribution in [2.75, 3.05) is 7.11 Å². The Labute approximate surface area is 257 Å². The second-order valence-corrected chi connectivity index (χ2v) is 11.6. The van der Waals surface area contributed by atoms with Crippen LogP contribution in [0.15, 0.2) is 107 Å². The Balaban J connectivity index is 1.41. The number of carbonyl (C=O) groups excluding carboxylic acids is 1. The molecule has 1 heterocycles. The smallest absolute Gasteiger partial charge is 0.267 e. The van der Waals surface area contributed by atoms with E-state index in [1.54, 1.807) is 12.0 Å². The molecule has 0 aromatic heterocycles. The lowest BCUT2D eigenvalue weighted by molar-refractivity contribution is -0.122. The number of carbonyl (C=O) groups is 1. The molecule has 0 unspecified atom stereocenters. The summed E-state index contributed by atoms with van der Waals surface area (Å²) in [5, 5.41) is 1.34. The third-order valence-corrected chi connectivity index (χ3v) is 8.41. The molecule has 0 saturated carbocycles. The number of rotatable bonds is 9. The van der Waals surface area contributed by atoms with Crippen molar-refractivity contribution in [3.63, 3.8) is 0 Å². The van der Waals surface area contributed by atoms with E-state index in [2.05, 4.69) is 22.6 Å². The molecule has 1 fully saturated rings. The van der Waals surface area contributed by atoms with E-state index in [-0.39, 0.29) is 5.91 Å². The van der Waals surface area contributed by atoms with E-state index in [9.17, 15) is 4.79 Å². The fraction of sp³-hybridized carbons (Fsp3) is 0.125. The zero-order valence-corrected chi connectivity index (χ0v) is 25.4. The highest BCUT2D eigenvalue weighted by Gasteiger charge is 2.33. The fourth-order valence-corrected chi connectivity index (χ4v) is 6.10. The SMILES string of the molecule is COc1cc(/C=C2\SC(=NCc3ccccc3)N(Cc3ccccc3)C2=O)cc(I)c1OCc1ccccc1Cl. The van der Waals surface area contributed by atoms with Gasteiger partial charge in [0.15, 0.2) is 16.7 Å². The molecule has 1 aliphatic heterocycles. The molecule has 0 atom stereocenters. The Hall–Kier alpha value is -3.27. The number of ether oxygens (including phenoxy) is 2. The molecule has 1 amide bonds. The molecule has 1 saturated heterocycles. The van der Waals surface area contributed by atoms with E-state index in [0.717, 1.165) is 25.8 Å². The molecule has 5 nitrogen and oxygen atoms in total. The second-order valence-electron chi connectivity index (χ2n) is 8.99. The van der Waals surface area contributed by atoms with Gasteiger partial charge in [0.25, 0.3) is 5.91 Å². The highest BCUT2D eigenvalue weighted by molar-refractivity contribution is 14.1. The minimum absolute atomic E-state index is 0.0753. The summed E-state index contributed by atoms with van der Waals surface area (Å²) >= 11 is 9.92. The van der Waals surface area contributed by atoms with Crippen molar-refractivity contribution in [3.8, 4) is 11.5 Å². The van der Waals surface area contributed by atoms with Crippen LogP contribution in [0, 0.1) is 3.57 Å². The Bertz CT molecular complexity index is 1560. The van der Waals surface area contributed by atoms with Crippen molar-refractivity contribution >= 4 is 63.1 Å². The lowest BCUT2D eigenvalue weighted by Crippen LogP contribution is -2.28. The summed E-state index contributed by atoms with van der Waals surface area (Å²) in [6, 6.07) is 31.4. The summed E-state index contributed by atoms with van der Waals surface area (Å²) in [5.74, 6) is 1.14. The van der Waals surface area contributed by atoms with Crippen LogP contribution in [0.3, 0.4) is 0 Å². The van der Waals surface area contributed by atoms with Gasteiger partial charge in [-0.1, -0.05) is 90.5 Å². The summed E-state index contributed by atoms with van der Waals surface area (Å²) in [6.07, 6.45) is 1.89. The minimum atomic E-state index is -0.0753. The van der Waals surface area contributed by atoms with Crippen molar-refractivity contribution < 1.29 is 14.3 Å². The highest BCUT2D eigenvalue weighted by Crippen LogP contribution is 2.38. The number of hydrogen-bond donors (Lipinski definition) is 0.